The number of hydrogen-bond acceptors (Lipinski definition) is 4. The number of carbonyl (C=O) groups excluding carboxylic acids is 1. The van der Waals surface area contributed by atoms with Crippen LogP contribution >= 0.6 is 0 Å². The zero-order valence-corrected chi connectivity index (χ0v) is 12.3. The molecule has 0 amide bonds. The Hall–Kier alpha value is -2.46. The highest BCUT2D eigenvalue weighted by atomic mass is 16.3. The molecule has 1 unspecified atom stereocenters. The van der Waals surface area contributed by atoms with Gasteiger partial charge in [-0.05, 0) is 30.7 Å². The average Bonchev–Trinajstić information content (AvgIpc) is 2.87. The molecule has 1 atom stereocenters. The smallest absolute Gasteiger partial charge is 0.204 e. The van der Waals surface area contributed by atoms with Gasteiger partial charge in [0, 0.05) is 24.2 Å². The number of nitrogens with zero attached hydrogens (tertiary/aromatic N) is 2. The number of aryl methyl sites for hydroxylation is 1. The number of amidine groups is 1. The summed E-state index contributed by atoms with van der Waals surface area (Å²) in [5, 5.41) is 11.0. The Labute approximate surface area is 128 Å². The highest BCUT2D eigenvalue weighted by Gasteiger charge is 2.52. The summed E-state index contributed by atoms with van der Waals surface area (Å²) in [6.07, 6.45) is 0.368. The first-order valence-corrected chi connectivity index (χ1v) is 7.40. The van der Waals surface area contributed by atoms with Crippen LogP contribution in [0.25, 0.3) is 0 Å². The second-order valence-corrected chi connectivity index (χ2v) is 5.83. The van der Waals surface area contributed by atoms with E-state index in [0.29, 0.717) is 30.1 Å². The molecular weight excluding hydrogens is 276 g/mol. The van der Waals surface area contributed by atoms with Gasteiger partial charge in [0.2, 0.25) is 5.78 Å². The summed E-state index contributed by atoms with van der Waals surface area (Å²) < 4.78 is 0. The number of anilines is 1. The van der Waals surface area contributed by atoms with Crippen LogP contribution in [0.15, 0.2) is 53.5 Å². The van der Waals surface area contributed by atoms with Crippen molar-refractivity contribution in [2.24, 2.45) is 4.99 Å². The molecule has 0 bridgehead atoms. The van der Waals surface area contributed by atoms with Crippen molar-refractivity contribution in [3.05, 3.63) is 59.7 Å². The fourth-order valence-corrected chi connectivity index (χ4v) is 3.30. The second-order valence-electron chi connectivity index (χ2n) is 5.83. The van der Waals surface area contributed by atoms with Gasteiger partial charge < -0.3 is 10.0 Å². The largest absolute Gasteiger partial charge is 0.374 e. The standard InChI is InChI=1S/C18H16N2O2/c1-12-6-5-9-14-15(12)16(21)18(22)10-11-20(17(18)19-14)13-7-3-2-4-8-13/h2-9,22H,10-11H2,1H3. The van der Waals surface area contributed by atoms with E-state index in [2.05, 4.69) is 4.99 Å². The van der Waals surface area contributed by atoms with Crippen molar-refractivity contribution >= 4 is 23.0 Å². The minimum atomic E-state index is -1.51. The van der Waals surface area contributed by atoms with Gasteiger partial charge in [0.25, 0.3) is 0 Å². The molecule has 0 spiro atoms. The molecule has 1 N–H and O–H groups in total. The lowest BCUT2D eigenvalue weighted by molar-refractivity contribution is 0.0601. The third-order valence-electron chi connectivity index (χ3n) is 4.47. The first kappa shape index (κ1) is 13.2. The van der Waals surface area contributed by atoms with E-state index < -0.39 is 5.60 Å². The fourth-order valence-electron chi connectivity index (χ4n) is 3.30. The van der Waals surface area contributed by atoms with Gasteiger partial charge in [-0.25, -0.2) is 4.99 Å². The zero-order chi connectivity index (χ0) is 15.3. The number of ketones is 1. The quantitative estimate of drug-likeness (QED) is 0.879. The van der Waals surface area contributed by atoms with E-state index in [9.17, 15) is 9.90 Å². The molecular formula is C18H16N2O2. The van der Waals surface area contributed by atoms with Crippen LogP contribution < -0.4 is 4.90 Å². The number of rotatable bonds is 1. The van der Waals surface area contributed by atoms with Crippen molar-refractivity contribution in [1.82, 2.24) is 0 Å². The number of hydrogen-bond donors (Lipinski definition) is 1. The van der Waals surface area contributed by atoms with Gasteiger partial charge in [-0.3, -0.25) is 4.79 Å². The van der Waals surface area contributed by atoms with Gasteiger partial charge >= 0.3 is 0 Å². The summed E-state index contributed by atoms with van der Waals surface area (Å²) in [7, 11) is 0. The minimum Gasteiger partial charge on any atom is -0.374 e. The van der Waals surface area contributed by atoms with Gasteiger partial charge in [0.05, 0.1) is 5.69 Å². The fraction of sp³-hybridized carbons (Fsp3) is 0.222. The number of carbonyl (C=O) groups is 1. The molecule has 110 valence electrons. The Morgan fingerprint density at radius 2 is 1.91 bits per heavy atom. The lowest BCUT2D eigenvalue weighted by atomic mass is 9.85. The van der Waals surface area contributed by atoms with Crippen LogP contribution in [0.4, 0.5) is 11.4 Å². The summed E-state index contributed by atoms with van der Waals surface area (Å²) in [6, 6.07) is 15.3. The van der Waals surface area contributed by atoms with Crippen molar-refractivity contribution in [3.8, 4) is 0 Å². The molecule has 4 nitrogen and oxygen atoms in total. The maximum Gasteiger partial charge on any atom is 0.204 e. The van der Waals surface area contributed by atoms with Crippen molar-refractivity contribution in [2.45, 2.75) is 18.9 Å². The Morgan fingerprint density at radius 1 is 1.14 bits per heavy atom. The topological polar surface area (TPSA) is 52.9 Å². The number of fused-ring (bicyclic) bond motifs is 2. The molecule has 0 radical (unpaired) electrons. The number of aliphatic hydroxyl groups is 1. The molecule has 2 aliphatic rings. The normalized spacial score (nSPS) is 23.1. The Kier molecular flexibility index (Phi) is 2.71. The molecule has 2 aliphatic heterocycles. The zero-order valence-electron chi connectivity index (χ0n) is 12.3. The predicted octanol–water partition coefficient (Wildman–Crippen LogP) is 2.86. The van der Waals surface area contributed by atoms with E-state index in [1.807, 2.05) is 60.4 Å². The van der Waals surface area contributed by atoms with Crippen LogP contribution in [0.2, 0.25) is 0 Å². The second kappa shape index (κ2) is 4.52. The highest BCUT2D eigenvalue weighted by molar-refractivity contribution is 6.28. The molecule has 0 aromatic heterocycles. The summed E-state index contributed by atoms with van der Waals surface area (Å²) >= 11 is 0. The van der Waals surface area contributed by atoms with E-state index in [4.69, 9.17) is 0 Å². The van der Waals surface area contributed by atoms with Crippen LogP contribution in [0.5, 0.6) is 0 Å². The lowest BCUT2D eigenvalue weighted by Gasteiger charge is -2.30. The van der Waals surface area contributed by atoms with Crippen LogP contribution in [0.3, 0.4) is 0 Å². The first-order chi connectivity index (χ1) is 10.6. The molecule has 0 aliphatic carbocycles. The van der Waals surface area contributed by atoms with Crippen molar-refractivity contribution in [2.75, 3.05) is 11.4 Å². The van der Waals surface area contributed by atoms with Crippen LogP contribution in [-0.4, -0.2) is 28.9 Å². The van der Waals surface area contributed by atoms with Gasteiger partial charge in [-0.15, -0.1) is 0 Å². The summed E-state index contributed by atoms with van der Waals surface area (Å²) in [4.78, 5) is 19.4. The number of benzene rings is 2. The predicted molar refractivity (Wildman–Crippen MR) is 86.0 cm³/mol. The minimum absolute atomic E-state index is 0.232. The van der Waals surface area contributed by atoms with Gasteiger partial charge in [0.15, 0.2) is 5.60 Å². The summed E-state index contributed by atoms with van der Waals surface area (Å²) in [6.45, 7) is 2.46. The molecule has 22 heavy (non-hydrogen) atoms. The molecule has 0 saturated carbocycles. The monoisotopic (exact) mass is 292 g/mol. The van der Waals surface area contributed by atoms with Crippen molar-refractivity contribution < 1.29 is 9.90 Å². The Balaban J connectivity index is 1.90. The van der Waals surface area contributed by atoms with Crippen molar-refractivity contribution in [3.63, 3.8) is 0 Å². The van der Waals surface area contributed by atoms with E-state index >= 15 is 0 Å². The third-order valence-corrected chi connectivity index (χ3v) is 4.47. The van der Waals surface area contributed by atoms with E-state index in [1.54, 1.807) is 0 Å². The highest BCUT2D eigenvalue weighted by Crippen LogP contribution is 2.40. The maximum atomic E-state index is 12.9. The Bertz CT molecular complexity index is 798. The SMILES string of the molecule is Cc1cccc2c1C(=O)C1(O)CCN(c3ccccc3)C1=N2. The van der Waals surface area contributed by atoms with Crippen LogP contribution in [0, 0.1) is 6.92 Å². The van der Waals surface area contributed by atoms with E-state index in [0.717, 1.165) is 11.3 Å². The van der Waals surface area contributed by atoms with E-state index in [1.165, 1.54) is 0 Å². The van der Waals surface area contributed by atoms with Gasteiger partial charge in [-0.1, -0.05) is 30.3 Å². The molecule has 1 saturated heterocycles. The van der Waals surface area contributed by atoms with Crippen molar-refractivity contribution in [1.29, 1.82) is 0 Å². The lowest BCUT2D eigenvalue weighted by Crippen LogP contribution is -2.49. The molecule has 1 fully saturated rings. The first-order valence-electron chi connectivity index (χ1n) is 7.40. The van der Waals surface area contributed by atoms with Crippen LogP contribution in [-0.2, 0) is 0 Å². The van der Waals surface area contributed by atoms with E-state index in [-0.39, 0.29) is 5.78 Å². The summed E-state index contributed by atoms with van der Waals surface area (Å²) in [5.74, 6) is 0.214. The number of Topliss-reactive ketones (excluding diaryl/α,β-unsaturated/α-hetero) is 1. The number of aliphatic imine (C=N–C) groups is 1. The molecule has 4 rings (SSSR count). The average molecular weight is 292 g/mol. The number of para-hydroxylation sites is 1. The summed E-state index contributed by atoms with van der Waals surface area (Å²) in [5.41, 5.74) is 1.49. The molecule has 2 aromatic carbocycles. The maximum absolute atomic E-state index is 12.9. The third kappa shape index (κ3) is 1.67. The molecule has 2 heterocycles. The van der Waals surface area contributed by atoms with Crippen LogP contribution in [0.1, 0.15) is 22.3 Å². The Morgan fingerprint density at radius 3 is 2.68 bits per heavy atom. The molecule has 4 heteroatoms. The molecule has 2 aromatic rings. The van der Waals surface area contributed by atoms with Gasteiger partial charge in [0.1, 0.15) is 5.84 Å². The van der Waals surface area contributed by atoms with Gasteiger partial charge in [-0.2, -0.15) is 0 Å².